The third-order valence-corrected chi connectivity index (χ3v) is 0.372. The third-order valence-electron chi connectivity index (χ3n) is 0.372. The maximum Gasteiger partial charge on any atom is 3.00 e. The van der Waals surface area contributed by atoms with E-state index in [4.69, 9.17) is 5.73 Å². The smallest absolute Gasteiger partial charge is 0.548 e. The van der Waals surface area contributed by atoms with Gasteiger partial charge >= 0.3 is 17.1 Å². The number of hydrogen-bond donors (Lipinski definition) is 1. The van der Waals surface area contributed by atoms with Crippen LogP contribution in [0.2, 0.25) is 0 Å². The maximum atomic E-state index is 9.46. The van der Waals surface area contributed by atoms with Crippen molar-refractivity contribution in [1.29, 1.82) is 0 Å². The average Bonchev–Trinajstić information content (AvgIpc) is 1.36. The van der Waals surface area contributed by atoms with Gasteiger partial charge in [0.25, 0.3) is 0 Å². The van der Waals surface area contributed by atoms with Crippen molar-refractivity contribution in [1.82, 2.24) is 0 Å². The van der Waals surface area contributed by atoms with Crippen LogP contribution < -0.4 is 10.8 Å². The van der Waals surface area contributed by atoms with Gasteiger partial charge in [-0.15, -0.1) is 0 Å². The van der Waals surface area contributed by atoms with Crippen LogP contribution in [0.25, 0.3) is 0 Å². The van der Waals surface area contributed by atoms with Gasteiger partial charge in [0.1, 0.15) is 0 Å². The summed E-state index contributed by atoms with van der Waals surface area (Å²) in [4.78, 5) is 9.46. The molecule has 0 bridgehead atoms. The van der Waals surface area contributed by atoms with E-state index in [1.54, 1.807) is 0 Å². The van der Waals surface area contributed by atoms with Gasteiger partial charge in [-0.2, -0.15) is 0 Å². The number of rotatable bonds is 1. The molecule has 0 aliphatic carbocycles. The Morgan fingerprint density at radius 1 is 1.86 bits per heavy atom. The first kappa shape index (κ1) is 10.0. The zero-order valence-corrected chi connectivity index (χ0v) is 4.93. The van der Waals surface area contributed by atoms with Crippen LogP contribution in [-0.2, 0) is 21.9 Å². The number of carboxylic acids is 1. The first-order valence-electron chi connectivity index (χ1n) is 1.61. The second-order valence-electron chi connectivity index (χ2n) is 1.11. The Balaban J connectivity index is 0. The Morgan fingerprint density at radius 3 is 2.00 bits per heavy atom. The SMILES string of the molecule is C[C@H](N)C(=O)[O-].[Fe+3]. The number of carboxylic acid groups (broad SMARTS) is 1. The quantitative estimate of drug-likeness (QED) is 0.436. The summed E-state index contributed by atoms with van der Waals surface area (Å²) in [5.41, 5.74) is 4.77. The molecule has 3 nitrogen and oxygen atoms in total. The molecule has 0 aromatic heterocycles. The van der Waals surface area contributed by atoms with Crippen LogP contribution in [0.1, 0.15) is 6.92 Å². The summed E-state index contributed by atoms with van der Waals surface area (Å²) >= 11 is 0. The number of carbonyl (C=O) groups excluding carboxylic acids is 1. The van der Waals surface area contributed by atoms with E-state index >= 15 is 0 Å². The van der Waals surface area contributed by atoms with Gasteiger partial charge in [0, 0.05) is 6.04 Å². The predicted octanol–water partition coefficient (Wildman–Crippen LogP) is -1.92. The van der Waals surface area contributed by atoms with Crippen LogP contribution in [0, 0.1) is 0 Å². The zero-order chi connectivity index (χ0) is 5.15. The van der Waals surface area contributed by atoms with Gasteiger partial charge in [0.2, 0.25) is 0 Å². The van der Waals surface area contributed by atoms with E-state index in [0.29, 0.717) is 0 Å². The normalized spacial score (nSPS) is 11.7. The standard InChI is InChI=1S/C3H7NO2.Fe/c1-2(4)3(5)6;/h2H,4H2,1H3,(H,5,6);/q;+3/p-1/t2-;/m0./s1. The predicted molar refractivity (Wildman–Crippen MR) is 18.7 cm³/mol. The fraction of sp³-hybridized carbons (Fsp3) is 0.667. The Morgan fingerprint density at radius 2 is 2.00 bits per heavy atom. The first-order chi connectivity index (χ1) is 2.64. The minimum atomic E-state index is -1.21. The van der Waals surface area contributed by atoms with E-state index in [9.17, 15) is 9.90 Å². The molecule has 0 heterocycles. The van der Waals surface area contributed by atoms with Crippen molar-refractivity contribution >= 4 is 5.97 Å². The molecule has 0 saturated carbocycles. The van der Waals surface area contributed by atoms with Crippen molar-refractivity contribution in [2.75, 3.05) is 0 Å². The fourth-order valence-electron chi connectivity index (χ4n) is 0. The zero-order valence-electron chi connectivity index (χ0n) is 3.82. The second kappa shape index (κ2) is 4.12. The Kier molecular flexibility index (Phi) is 5.91. The van der Waals surface area contributed by atoms with E-state index in [1.165, 1.54) is 6.92 Å². The van der Waals surface area contributed by atoms with Crippen molar-refractivity contribution < 1.29 is 27.0 Å². The van der Waals surface area contributed by atoms with Gasteiger partial charge in [-0.05, 0) is 6.92 Å². The number of nitrogens with two attached hydrogens (primary N) is 1. The molecule has 0 spiro atoms. The minimum absolute atomic E-state index is 0. The van der Waals surface area contributed by atoms with Gasteiger partial charge in [-0.1, -0.05) is 0 Å². The van der Waals surface area contributed by atoms with Gasteiger partial charge in [-0.3, -0.25) is 0 Å². The van der Waals surface area contributed by atoms with Crippen LogP contribution in [0.5, 0.6) is 0 Å². The van der Waals surface area contributed by atoms with Crippen LogP contribution >= 0.6 is 0 Å². The number of hydrogen-bond acceptors (Lipinski definition) is 3. The third kappa shape index (κ3) is 5.95. The van der Waals surface area contributed by atoms with Crippen LogP contribution in [0.15, 0.2) is 0 Å². The van der Waals surface area contributed by atoms with Gasteiger partial charge < -0.3 is 15.6 Å². The maximum absolute atomic E-state index is 9.46. The molecule has 2 N–H and O–H groups in total. The largest absolute Gasteiger partial charge is 3.00 e. The van der Waals surface area contributed by atoms with Crippen molar-refractivity contribution in [3.8, 4) is 0 Å². The molecule has 0 aromatic carbocycles. The van der Waals surface area contributed by atoms with Gasteiger partial charge in [0.05, 0.1) is 5.97 Å². The van der Waals surface area contributed by atoms with Crippen LogP contribution in [-0.4, -0.2) is 12.0 Å². The van der Waals surface area contributed by atoms with E-state index in [-0.39, 0.29) is 17.1 Å². The van der Waals surface area contributed by atoms with Crippen LogP contribution in [0.4, 0.5) is 0 Å². The number of carbonyl (C=O) groups is 1. The average molecular weight is 144 g/mol. The van der Waals surface area contributed by atoms with E-state index < -0.39 is 12.0 Å². The molecule has 0 aliphatic heterocycles. The first-order valence-corrected chi connectivity index (χ1v) is 1.61. The second-order valence-corrected chi connectivity index (χ2v) is 1.11. The summed E-state index contributed by atoms with van der Waals surface area (Å²) < 4.78 is 0. The Labute approximate surface area is 52.4 Å². The van der Waals surface area contributed by atoms with Crippen LogP contribution in [0.3, 0.4) is 0 Å². The molecule has 0 aromatic rings. The van der Waals surface area contributed by atoms with Gasteiger partial charge in [-0.25, -0.2) is 0 Å². The summed E-state index contributed by atoms with van der Waals surface area (Å²) in [6.07, 6.45) is 0. The van der Waals surface area contributed by atoms with Crippen molar-refractivity contribution in [2.45, 2.75) is 13.0 Å². The molecule has 0 fully saturated rings. The molecule has 0 rings (SSSR count). The fourth-order valence-corrected chi connectivity index (χ4v) is 0. The topological polar surface area (TPSA) is 66.2 Å². The summed E-state index contributed by atoms with van der Waals surface area (Å²) in [5, 5.41) is 9.46. The summed E-state index contributed by atoms with van der Waals surface area (Å²) in [7, 11) is 0. The molecule has 0 amide bonds. The molecule has 41 valence electrons. The van der Waals surface area contributed by atoms with E-state index in [2.05, 4.69) is 0 Å². The molecule has 1 atom stereocenters. The summed E-state index contributed by atoms with van der Waals surface area (Å²) in [6, 6.07) is -0.843. The molecule has 4 heteroatoms. The minimum Gasteiger partial charge on any atom is -0.548 e. The van der Waals surface area contributed by atoms with Crippen molar-refractivity contribution in [2.24, 2.45) is 5.73 Å². The van der Waals surface area contributed by atoms with Crippen molar-refractivity contribution in [3.63, 3.8) is 0 Å². The van der Waals surface area contributed by atoms with E-state index in [0.717, 1.165) is 0 Å². The Hall–Kier alpha value is -0.0505. The monoisotopic (exact) mass is 144 g/mol. The van der Waals surface area contributed by atoms with Crippen molar-refractivity contribution in [3.05, 3.63) is 0 Å². The van der Waals surface area contributed by atoms with E-state index in [1.807, 2.05) is 0 Å². The Bertz CT molecular complexity index is 64.0. The summed E-state index contributed by atoms with van der Waals surface area (Å²) in [5.74, 6) is -1.21. The molecule has 0 aliphatic rings. The molecule has 1 radical (unpaired) electrons. The molecule has 0 saturated heterocycles. The molecule has 0 unspecified atom stereocenters. The van der Waals surface area contributed by atoms with Gasteiger partial charge in [0.15, 0.2) is 0 Å². The molecular weight excluding hydrogens is 138 g/mol. The number of aliphatic carboxylic acids is 1. The molecular formula is C3H6FeNO2+2. The molecule has 7 heavy (non-hydrogen) atoms. The summed E-state index contributed by atoms with van der Waals surface area (Å²) in [6.45, 7) is 1.36.